The second kappa shape index (κ2) is 6.20. The number of nitrogens with two attached hydrogens (primary N) is 1. The fraction of sp³-hybridized carbons (Fsp3) is 0.0833. The van der Waals surface area contributed by atoms with Crippen molar-refractivity contribution in [3.8, 4) is 5.75 Å². The predicted octanol–water partition coefficient (Wildman–Crippen LogP) is 2.44. The number of imide groups is 1. The van der Waals surface area contributed by atoms with Gasteiger partial charge in [-0.2, -0.15) is 0 Å². The standard InChI is InChI=1S/C12H8Br2N2O4S/c13-6-1-5(10(18)7(14)3-6)2-8-11(19)16(4-9(15)17)12(20)21-8/h1-3,18H,4H2,(H2,15,17)/b8-2-. The zero-order chi connectivity index (χ0) is 15.7. The van der Waals surface area contributed by atoms with Gasteiger partial charge in [0.1, 0.15) is 12.3 Å². The number of halogens is 2. The molecule has 1 aliphatic heterocycles. The molecule has 0 saturated carbocycles. The minimum absolute atomic E-state index is 0.0556. The van der Waals surface area contributed by atoms with Gasteiger partial charge in [-0.25, -0.2) is 0 Å². The van der Waals surface area contributed by atoms with Gasteiger partial charge in [-0.05, 0) is 45.9 Å². The molecule has 1 heterocycles. The molecular weight excluding hydrogens is 428 g/mol. The summed E-state index contributed by atoms with van der Waals surface area (Å²) in [6, 6.07) is 3.24. The van der Waals surface area contributed by atoms with Crippen molar-refractivity contribution in [1.29, 1.82) is 0 Å². The Labute approximate surface area is 140 Å². The third-order valence-electron chi connectivity index (χ3n) is 2.53. The second-order valence-corrected chi connectivity index (χ2v) is 6.82. The van der Waals surface area contributed by atoms with Crippen LogP contribution in [0.3, 0.4) is 0 Å². The van der Waals surface area contributed by atoms with E-state index in [0.29, 0.717) is 26.3 Å². The highest BCUT2D eigenvalue weighted by molar-refractivity contribution is 9.11. The van der Waals surface area contributed by atoms with E-state index in [1.165, 1.54) is 6.08 Å². The summed E-state index contributed by atoms with van der Waals surface area (Å²) in [5, 5.41) is 9.37. The molecule has 0 bridgehead atoms. The number of carbonyl (C=O) groups excluding carboxylic acids is 3. The van der Waals surface area contributed by atoms with E-state index in [9.17, 15) is 19.5 Å². The van der Waals surface area contributed by atoms with Crippen molar-refractivity contribution in [3.63, 3.8) is 0 Å². The molecule has 3 amide bonds. The smallest absolute Gasteiger partial charge is 0.294 e. The van der Waals surface area contributed by atoms with Crippen LogP contribution >= 0.6 is 43.6 Å². The lowest BCUT2D eigenvalue weighted by Gasteiger charge is -2.08. The average molecular weight is 436 g/mol. The molecule has 1 aromatic carbocycles. The summed E-state index contributed by atoms with van der Waals surface area (Å²) in [5.74, 6) is -1.44. The highest BCUT2D eigenvalue weighted by Crippen LogP contribution is 2.37. The SMILES string of the molecule is NC(=O)CN1C(=O)S/C(=C\c2cc(Br)cc(Br)c2O)C1=O. The van der Waals surface area contributed by atoms with Crippen LogP contribution in [-0.2, 0) is 9.59 Å². The van der Waals surface area contributed by atoms with Gasteiger partial charge in [0.2, 0.25) is 5.91 Å². The lowest BCUT2D eigenvalue weighted by Crippen LogP contribution is -2.36. The van der Waals surface area contributed by atoms with Gasteiger partial charge in [0, 0.05) is 10.0 Å². The number of phenols is 1. The van der Waals surface area contributed by atoms with Crippen LogP contribution in [0.2, 0.25) is 0 Å². The van der Waals surface area contributed by atoms with Crippen LogP contribution in [0.15, 0.2) is 26.0 Å². The van der Waals surface area contributed by atoms with Gasteiger partial charge >= 0.3 is 0 Å². The van der Waals surface area contributed by atoms with Crippen LogP contribution in [0.25, 0.3) is 6.08 Å². The summed E-state index contributed by atoms with van der Waals surface area (Å²) in [6.07, 6.45) is 1.39. The topological polar surface area (TPSA) is 101 Å². The molecule has 1 saturated heterocycles. The molecule has 2 rings (SSSR count). The Bertz CT molecular complexity index is 690. The van der Waals surface area contributed by atoms with Crippen LogP contribution in [0.1, 0.15) is 5.56 Å². The van der Waals surface area contributed by atoms with E-state index in [2.05, 4.69) is 31.9 Å². The first-order valence-corrected chi connectivity index (χ1v) is 7.91. The number of phenolic OH excluding ortho intramolecular Hbond substituents is 1. The number of hydrogen-bond donors (Lipinski definition) is 2. The molecule has 21 heavy (non-hydrogen) atoms. The van der Waals surface area contributed by atoms with Crippen LogP contribution < -0.4 is 5.73 Å². The molecule has 9 heteroatoms. The van der Waals surface area contributed by atoms with E-state index < -0.39 is 23.6 Å². The maximum Gasteiger partial charge on any atom is 0.294 e. The van der Waals surface area contributed by atoms with Crippen molar-refractivity contribution in [2.75, 3.05) is 6.54 Å². The third kappa shape index (κ3) is 3.47. The van der Waals surface area contributed by atoms with Crippen LogP contribution in [0.4, 0.5) is 4.79 Å². The predicted molar refractivity (Wildman–Crippen MR) is 85.4 cm³/mol. The van der Waals surface area contributed by atoms with E-state index in [0.717, 1.165) is 4.90 Å². The van der Waals surface area contributed by atoms with Gasteiger partial charge in [0.25, 0.3) is 11.1 Å². The lowest BCUT2D eigenvalue weighted by molar-refractivity contribution is -0.127. The fourth-order valence-electron chi connectivity index (χ4n) is 1.63. The Morgan fingerprint density at radius 3 is 2.67 bits per heavy atom. The molecule has 0 aromatic heterocycles. The number of nitrogens with zero attached hydrogens (tertiary/aromatic N) is 1. The third-order valence-corrected chi connectivity index (χ3v) is 4.50. The largest absolute Gasteiger partial charge is 0.506 e. The second-order valence-electron chi connectivity index (χ2n) is 4.06. The Morgan fingerprint density at radius 1 is 1.38 bits per heavy atom. The quantitative estimate of drug-likeness (QED) is 0.710. The van der Waals surface area contributed by atoms with Crippen molar-refractivity contribution in [2.45, 2.75) is 0 Å². The van der Waals surface area contributed by atoms with Crippen molar-refractivity contribution in [2.24, 2.45) is 5.73 Å². The molecule has 0 spiro atoms. The molecule has 6 nitrogen and oxygen atoms in total. The normalized spacial score (nSPS) is 16.9. The molecular formula is C12H8Br2N2O4S. The van der Waals surface area contributed by atoms with Gasteiger partial charge in [0.15, 0.2) is 0 Å². The summed E-state index contributed by atoms with van der Waals surface area (Å²) < 4.78 is 1.13. The van der Waals surface area contributed by atoms with Gasteiger partial charge < -0.3 is 10.8 Å². The number of primary amides is 1. The number of aromatic hydroxyl groups is 1. The molecule has 0 unspecified atom stereocenters. The average Bonchev–Trinajstić information content (AvgIpc) is 2.63. The molecule has 1 aromatic rings. The molecule has 0 atom stereocenters. The number of hydrogen-bond acceptors (Lipinski definition) is 5. The summed E-state index contributed by atoms with van der Waals surface area (Å²) in [5.41, 5.74) is 5.35. The zero-order valence-electron chi connectivity index (χ0n) is 10.3. The van der Waals surface area contributed by atoms with Crippen LogP contribution in [0, 0.1) is 0 Å². The molecule has 1 fully saturated rings. The number of carbonyl (C=O) groups is 3. The monoisotopic (exact) mass is 434 g/mol. The number of thioether (sulfide) groups is 1. The van der Waals surface area contributed by atoms with Crippen molar-refractivity contribution < 1.29 is 19.5 Å². The van der Waals surface area contributed by atoms with Crippen LogP contribution in [0.5, 0.6) is 5.75 Å². The van der Waals surface area contributed by atoms with E-state index in [4.69, 9.17) is 5.73 Å². The first-order valence-electron chi connectivity index (χ1n) is 5.51. The number of benzene rings is 1. The fourth-order valence-corrected chi connectivity index (χ4v) is 3.72. The highest BCUT2D eigenvalue weighted by atomic mass is 79.9. The number of amides is 3. The Hall–Kier alpha value is -1.32. The minimum Gasteiger partial charge on any atom is -0.506 e. The van der Waals surface area contributed by atoms with Gasteiger partial charge in [-0.3, -0.25) is 19.3 Å². The van der Waals surface area contributed by atoms with Gasteiger partial charge in [-0.15, -0.1) is 0 Å². The maximum atomic E-state index is 12.0. The van der Waals surface area contributed by atoms with Crippen molar-refractivity contribution >= 4 is 66.8 Å². The van der Waals surface area contributed by atoms with E-state index in [1.54, 1.807) is 12.1 Å². The van der Waals surface area contributed by atoms with Crippen molar-refractivity contribution in [1.82, 2.24) is 4.90 Å². The first-order chi connectivity index (χ1) is 9.79. The first kappa shape index (κ1) is 16.1. The van der Waals surface area contributed by atoms with Crippen molar-refractivity contribution in [3.05, 3.63) is 31.5 Å². The molecule has 110 valence electrons. The minimum atomic E-state index is -0.772. The summed E-state index contributed by atoms with van der Waals surface area (Å²) >= 11 is 7.13. The molecule has 1 aliphatic rings. The Morgan fingerprint density at radius 2 is 2.05 bits per heavy atom. The Balaban J connectivity index is 2.37. The van der Waals surface area contributed by atoms with E-state index in [1.807, 2.05) is 0 Å². The van der Waals surface area contributed by atoms with E-state index >= 15 is 0 Å². The highest BCUT2D eigenvalue weighted by Gasteiger charge is 2.36. The lowest BCUT2D eigenvalue weighted by atomic mass is 10.2. The van der Waals surface area contributed by atoms with E-state index in [-0.39, 0.29) is 10.7 Å². The summed E-state index contributed by atoms with van der Waals surface area (Å²) in [7, 11) is 0. The summed E-state index contributed by atoms with van der Waals surface area (Å²) in [4.78, 5) is 35.4. The molecule has 3 N–H and O–H groups in total. The maximum absolute atomic E-state index is 12.0. The molecule has 0 radical (unpaired) electrons. The zero-order valence-corrected chi connectivity index (χ0v) is 14.3. The van der Waals surface area contributed by atoms with Gasteiger partial charge in [-0.1, -0.05) is 15.9 Å². The number of rotatable bonds is 3. The van der Waals surface area contributed by atoms with Crippen LogP contribution in [-0.4, -0.2) is 33.6 Å². The Kier molecular flexibility index (Phi) is 4.74. The van der Waals surface area contributed by atoms with Gasteiger partial charge in [0.05, 0.1) is 9.38 Å². The molecule has 0 aliphatic carbocycles. The summed E-state index contributed by atoms with van der Waals surface area (Å²) in [6.45, 7) is -0.462.